The fourth-order valence-electron chi connectivity index (χ4n) is 3.15. The molecule has 0 aliphatic rings. The molecule has 0 atom stereocenters. The van der Waals surface area contributed by atoms with Gasteiger partial charge in [-0.25, -0.2) is 4.98 Å². The van der Waals surface area contributed by atoms with Crippen molar-refractivity contribution in [3.8, 4) is 5.75 Å². The van der Waals surface area contributed by atoms with E-state index in [0.29, 0.717) is 10.5 Å². The van der Waals surface area contributed by atoms with Crippen molar-refractivity contribution in [3.05, 3.63) is 65.1 Å². The number of ether oxygens (including phenoxy) is 1. The number of amides is 2. The van der Waals surface area contributed by atoms with Gasteiger partial charge in [0.15, 0.2) is 5.13 Å². The molecule has 158 valence electrons. The van der Waals surface area contributed by atoms with Crippen LogP contribution in [0.15, 0.2) is 59.5 Å². The minimum absolute atomic E-state index is 0.0948. The van der Waals surface area contributed by atoms with Gasteiger partial charge in [-0.3, -0.25) is 14.4 Å². The van der Waals surface area contributed by atoms with Crippen LogP contribution in [-0.4, -0.2) is 35.0 Å². The Morgan fingerprint density at radius 2 is 1.97 bits per heavy atom. The van der Waals surface area contributed by atoms with Crippen LogP contribution in [0.3, 0.4) is 0 Å². The van der Waals surface area contributed by atoms with Crippen LogP contribution in [0, 0.1) is 0 Å². The first kappa shape index (κ1) is 20.5. The summed E-state index contributed by atoms with van der Waals surface area (Å²) in [6.07, 6.45) is 1.69. The lowest BCUT2D eigenvalue weighted by atomic mass is 10.2. The third-order valence-electron chi connectivity index (χ3n) is 4.72. The Morgan fingerprint density at radius 3 is 2.81 bits per heavy atom. The molecule has 0 fully saturated rings. The first-order valence-corrected chi connectivity index (χ1v) is 10.4. The molecule has 0 bridgehead atoms. The molecule has 0 aliphatic heterocycles. The van der Waals surface area contributed by atoms with Gasteiger partial charge < -0.3 is 19.9 Å². The summed E-state index contributed by atoms with van der Waals surface area (Å²) in [6, 6.07) is 14.5. The van der Waals surface area contributed by atoms with Gasteiger partial charge in [0.2, 0.25) is 11.8 Å². The van der Waals surface area contributed by atoms with Gasteiger partial charge in [-0.05, 0) is 35.7 Å². The van der Waals surface area contributed by atoms with E-state index in [2.05, 4.69) is 15.6 Å². The molecule has 4 aromatic rings. The van der Waals surface area contributed by atoms with Crippen LogP contribution in [-0.2, 0) is 16.1 Å². The number of benzene rings is 2. The molecule has 2 heterocycles. The summed E-state index contributed by atoms with van der Waals surface area (Å²) in [5.41, 5.74) is 0.550. The fourth-order valence-corrected chi connectivity index (χ4v) is 4.06. The fraction of sp³-hybridized carbons (Fsp3) is 0.182. The van der Waals surface area contributed by atoms with Crippen molar-refractivity contribution in [2.75, 3.05) is 19.0 Å². The van der Waals surface area contributed by atoms with Crippen molar-refractivity contribution in [1.82, 2.24) is 14.9 Å². The van der Waals surface area contributed by atoms with Crippen molar-refractivity contribution < 1.29 is 14.3 Å². The second-order valence-corrected chi connectivity index (χ2v) is 7.87. The minimum atomic E-state index is -0.336. The van der Waals surface area contributed by atoms with Crippen molar-refractivity contribution >= 4 is 49.3 Å². The van der Waals surface area contributed by atoms with Crippen molar-refractivity contribution in [2.24, 2.45) is 0 Å². The van der Waals surface area contributed by atoms with Crippen LogP contribution in [0.4, 0.5) is 5.13 Å². The van der Waals surface area contributed by atoms with Gasteiger partial charge in [-0.2, -0.15) is 0 Å². The molecule has 0 saturated carbocycles. The zero-order valence-corrected chi connectivity index (χ0v) is 17.6. The summed E-state index contributed by atoms with van der Waals surface area (Å²) in [6.45, 7) is 0.0523. The number of nitrogens with zero attached hydrogens (tertiary/aromatic N) is 2. The molecular formula is C22H20N4O4S. The third kappa shape index (κ3) is 4.72. The molecule has 0 saturated heterocycles. The number of methoxy groups -OCH3 is 1. The van der Waals surface area contributed by atoms with Gasteiger partial charge in [0.05, 0.1) is 17.3 Å². The van der Waals surface area contributed by atoms with Crippen molar-refractivity contribution in [3.63, 3.8) is 0 Å². The number of pyridine rings is 1. The number of rotatable bonds is 7. The van der Waals surface area contributed by atoms with Gasteiger partial charge >= 0.3 is 0 Å². The Morgan fingerprint density at radius 1 is 1.13 bits per heavy atom. The molecular weight excluding hydrogens is 416 g/mol. The second-order valence-electron chi connectivity index (χ2n) is 6.84. The summed E-state index contributed by atoms with van der Waals surface area (Å²) < 4.78 is 7.45. The maximum Gasteiger partial charge on any atom is 0.258 e. The lowest BCUT2D eigenvalue weighted by Gasteiger charge is -2.08. The van der Waals surface area contributed by atoms with E-state index in [4.69, 9.17) is 4.74 Å². The van der Waals surface area contributed by atoms with Crippen LogP contribution in [0.25, 0.3) is 21.0 Å². The average molecular weight is 436 g/mol. The summed E-state index contributed by atoms with van der Waals surface area (Å²) in [5.74, 6) is 0.133. The smallest absolute Gasteiger partial charge is 0.258 e. The standard InChI is InChI=1S/C22H20N4O4S/c1-30-15-6-7-17-18(12-15)31-22(24-17)25-19(27)8-10-23-20(28)13-26-11-9-14-4-2-3-5-16(14)21(26)29/h2-7,9,11-12H,8,10,13H2,1H3,(H,23,28)(H,24,25,27). The number of thiazole rings is 1. The summed E-state index contributed by atoms with van der Waals surface area (Å²) in [5, 5.41) is 7.29. The Labute approximate surface area is 181 Å². The molecule has 0 aliphatic carbocycles. The Kier molecular flexibility index (Phi) is 5.94. The first-order valence-electron chi connectivity index (χ1n) is 9.63. The maximum absolute atomic E-state index is 12.5. The van der Waals surface area contributed by atoms with E-state index in [9.17, 15) is 14.4 Å². The Balaban J connectivity index is 1.29. The SMILES string of the molecule is COc1ccc2nc(NC(=O)CCNC(=O)Cn3ccc4ccccc4c3=O)sc2c1. The van der Waals surface area contributed by atoms with E-state index in [1.807, 2.05) is 30.3 Å². The van der Waals surface area contributed by atoms with E-state index in [-0.39, 0.29) is 36.9 Å². The predicted molar refractivity (Wildman–Crippen MR) is 121 cm³/mol. The molecule has 2 N–H and O–H groups in total. The molecule has 31 heavy (non-hydrogen) atoms. The predicted octanol–water partition coefficient (Wildman–Crippen LogP) is 2.76. The quantitative estimate of drug-likeness (QED) is 0.464. The Hall–Kier alpha value is -3.72. The number of hydrogen-bond donors (Lipinski definition) is 2. The minimum Gasteiger partial charge on any atom is -0.497 e. The number of hydrogen-bond acceptors (Lipinski definition) is 6. The molecule has 9 heteroatoms. The molecule has 0 unspecified atom stereocenters. The van der Waals surface area contributed by atoms with Gasteiger partial charge in [-0.15, -0.1) is 0 Å². The topological polar surface area (TPSA) is 102 Å². The summed E-state index contributed by atoms with van der Waals surface area (Å²) in [4.78, 5) is 41.2. The summed E-state index contributed by atoms with van der Waals surface area (Å²) >= 11 is 1.35. The molecule has 0 radical (unpaired) electrons. The maximum atomic E-state index is 12.5. The van der Waals surface area contributed by atoms with Crippen LogP contribution in [0.5, 0.6) is 5.75 Å². The highest BCUT2D eigenvalue weighted by molar-refractivity contribution is 7.22. The van der Waals surface area contributed by atoms with Gasteiger partial charge in [-0.1, -0.05) is 29.5 Å². The molecule has 0 spiro atoms. The van der Waals surface area contributed by atoms with Crippen LogP contribution in [0.1, 0.15) is 6.42 Å². The van der Waals surface area contributed by atoms with Crippen LogP contribution < -0.4 is 20.9 Å². The number of fused-ring (bicyclic) bond motifs is 2. The normalized spacial score (nSPS) is 10.9. The average Bonchev–Trinajstić information content (AvgIpc) is 3.17. The van der Waals surface area contributed by atoms with Crippen molar-refractivity contribution in [1.29, 1.82) is 0 Å². The van der Waals surface area contributed by atoms with Crippen LogP contribution in [0.2, 0.25) is 0 Å². The van der Waals surface area contributed by atoms with E-state index in [1.165, 1.54) is 15.9 Å². The number of anilines is 1. The molecule has 2 aromatic carbocycles. The number of carbonyl (C=O) groups excluding carboxylic acids is 2. The second kappa shape index (κ2) is 8.97. The van der Waals surface area contributed by atoms with E-state index in [1.54, 1.807) is 31.5 Å². The van der Waals surface area contributed by atoms with E-state index in [0.717, 1.165) is 21.4 Å². The zero-order valence-electron chi connectivity index (χ0n) is 16.8. The lowest BCUT2D eigenvalue weighted by Crippen LogP contribution is -2.33. The van der Waals surface area contributed by atoms with E-state index < -0.39 is 0 Å². The molecule has 2 aromatic heterocycles. The highest BCUT2D eigenvalue weighted by atomic mass is 32.1. The van der Waals surface area contributed by atoms with Gasteiger partial charge in [0.1, 0.15) is 12.3 Å². The monoisotopic (exact) mass is 436 g/mol. The number of aromatic nitrogens is 2. The number of nitrogens with one attached hydrogen (secondary N) is 2. The van der Waals surface area contributed by atoms with Gasteiger partial charge in [0.25, 0.3) is 5.56 Å². The zero-order chi connectivity index (χ0) is 21.8. The summed E-state index contributed by atoms with van der Waals surface area (Å²) in [7, 11) is 1.59. The van der Waals surface area contributed by atoms with Crippen LogP contribution >= 0.6 is 11.3 Å². The van der Waals surface area contributed by atoms with E-state index >= 15 is 0 Å². The molecule has 8 nitrogen and oxygen atoms in total. The lowest BCUT2D eigenvalue weighted by molar-refractivity contribution is -0.121. The van der Waals surface area contributed by atoms with Crippen molar-refractivity contribution in [2.45, 2.75) is 13.0 Å². The first-order chi connectivity index (χ1) is 15.0. The Bertz CT molecular complexity index is 1330. The largest absolute Gasteiger partial charge is 0.497 e. The third-order valence-corrected chi connectivity index (χ3v) is 5.65. The van der Waals surface area contributed by atoms with Gasteiger partial charge in [0, 0.05) is 24.5 Å². The number of carbonyl (C=O) groups is 2. The molecule has 4 rings (SSSR count). The highest BCUT2D eigenvalue weighted by Gasteiger charge is 2.10. The highest BCUT2D eigenvalue weighted by Crippen LogP contribution is 2.29. The molecule has 2 amide bonds.